The van der Waals surface area contributed by atoms with Gasteiger partial charge in [0.2, 0.25) is 0 Å². The maximum absolute atomic E-state index is 4.15. The molecule has 1 heterocycles. The number of halogens is 1. The second-order valence-corrected chi connectivity index (χ2v) is 5.23. The van der Waals surface area contributed by atoms with Gasteiger partial charge in [-0.25, -0.2) is 4.68 Å². The molecule has 0 aliphatic rings. The van der Waals surface area contributed by atoms with Crippen molar-refractivity contribution < 1.29 is 0 Å². The average Bonchev–Trinajstić information content (AvgIpc) is 2.83. The minimum Gasteiger partial charge on any atom is -0.366 e. The molecular weight excluding hydrogens is 304 g/mol. The van der Waals surface area contributed by atoms with E-state index >= 15 is 0 Å². The lowest BCUT2D eigenvalue weighted by Crippen LogP contribution is -2.09. The molecule has 0 spiro atoms. The Kier molecular flexibility index (Phi) is 3.21. The maximum Gasteiger partial charge on any atom is 0.113 e. The number of rotatable bonds is 3. The molecule has 0 amide bonds. The Balaban J connectivity index is 1.80. The highest BCUT2D eigenvalue weighted by atomic mass is 79.9. The number of aryl methyl sites for hydroxylation is 1. The number of nitrogens with one attached hydrogen (secondary N) is 1. The first-order valence-electron chi connectivity index (χ1n) is 6.02. The summed E-state index contributed by atoms with van der Waals surface area (Å²) >= 11 is 3.50. The van der Waals surface area contributed by atoms with Gasteiger partial charge in [-0.05, 0) is 42.8 Å². The van der Waals surface area contributed by atoms with Crippen LogP contribution in [0.4, 0.5) is 5.69 Å². The molecule has 1 N–H and O–H groups in total. The quantitative estimate of drug-likeness (QED) is 0.803. The topological polar surface area (TPSA) is 42.7 Å². The summed E-state index contributed by atoms with van der Waals surface area (Å²) in [6.07, 6.45) is 0. The summed E-state index contributed by atoms with van der Waals surface area (Å²) in [4.78, 5) is 0. The van der Waals surface area contributed by atoms with Gasteiger partial charge in [0.1, 0.15) is 12.2 Å². The lowest BCUT2D eigenvalue weighted by Gasteiger charge is -2.08. The van der Waals surface area contributed by atoms with E-state index in [1.807, 2.05) is 41.1 Å². The van der Waals surface area contributed by atoms with E-state index in [9.17, 15) is 0 Å². The highest BCUT2D eigenvalue weighted by Gasteiger charge is 2.03. The summed E-state index contributed by atoms with van der Waals surface area (Å²) in [6.45, 7) is 2.67. The van der Waals surface area contributed by atoms with Crippen LogP contribution in [0.25, 0.3) is 11.0 Å². The molecule has 0 fully saturated rings. The lowest BCUT2D eigenvalue weighted by atomic mass is 10.2. The molecule has 3 aromatic rings. The van der Waals surface area contributed by atoms with E-state index in [0.29, 0.717) is 6.67 Å². The third-order valence-corrected chi connectivity index (χ3v) is 3.90. The van der Waals surface area contributed by atoms with E-state index in [4.69, 9.17) is 0 Å². The van der Waals surface area contributed by atoms with Crippen molar-refractivity contribution in [3.63, 3.8) is 0 Å². The molecule has 0 unspecified atom stereocenters. The third-order valence-electron chi connectivity index (χ3n) is 3.01. The molecule has 0 saturated heterocycles. The summed E-state index contributed by atoms with van der Waals surface area (Å²) in [5, 5.41) is 11.6. The van der Waals surface area contributed by atoms with Gasteiger partial charge in [-0.1, -0.05) is 33.3 Å². The zero-order valence-electron chi connectivity index (χ0n) is 10.5. The number of anilines is 1. The van der Waals surface area contributed by atoms with Crippen LogP contribution in [0.3, 0.4) is 0 Å². The summed E-state index contributed by atoms with van der Waals surface area (Å²) < 4.78 is 2.97. The average molecular weight is 317 g/mol. The van der Waals surface area contributed by atoms with Gasteiger partial charge in [0, 0.05) is 10.2 Å². The fourth-order valence-corrected chi connectivity index (χ4v) is 2.20. The second-order valence-electron chi connectivity index (χ2n) is 4.38. The molecule has 0 atom stereocenters. The van der Waals surface area contributed by atoms with Crippen molar-refractivity contribution in [1.29, 1.82) is 0 Å². The standard InChI is InChI=1S/C14H13BrN4/c1-10-8-11(6-7-12(10)15)16-9-19-14-5-3-2-4-13(14)17-18-19/h2-8,16H,9H2,1H3. The normalized spacial score (nSPS) is 10.8. The SMILES string of the molecule is Cc1cc(NCn2nnc3ccccc32)ccc1Br. The van der Waals surface area contributed by atoms with Gasteiger partial charge in [0.15, 0.2) is 0 Å². The van der Waals surface area contributed by atoms with Crippen LogP contribution in [0.1, 0.15) is 5.56 Å². The van der Waals surface area contributed by atoms with Crippen molar-refractivity contribution in [3.05, 3.63) is 52.5 Å². The van der Waals surface area contributed by atoms with Gasteiger partial charge in [-0.2, -0.15) is 0 Å². The number of benzene rings is 2. The van der Waals surface area contributed by atoms with E-state index in [2.05, 4.69) is 44.5 Å². The second kappa shape index (κ2) is 5.01. The molecule has 4 nitrogen and oxygen atoms in total. The number of aromatic nitrogens is 3. The van der Waals surface area contributed by atoms with Gasteiger partial charge in [0.25, 0.3) is 0 Å². The minimum atomic E-state index is 0.599. The fraction of sp³-hybridized carbons (Fsp3) is 0.143. The number of fused-ring (bicyclic) bond motifs is 1. The molecule has 0 saturated carbocycles. The Bertz CT molecular complexity index is 720. The molecule has 0 aliphatic carbocycles. The maximum atomic E-state index is 4.15. The van der Waals surface area contributed by atoms with Crippen molar-refractivity contribution in [2.24, 2.45) is 0 Å². The Hall–Kier alpha value is -1.88. The molecule has 2 aromatic carbocycles. The first kappa shape index (κ1) is 12.2. The van der Waals surface area contributed by atoms with E-state index in [0.717, 1.165) is 21.2 Å². The molecule has 5 heteroatoms. The Morgan fingerprint density at radius 1 is 1.21 bits per heavy atom. The minimum absolute atomic E-state index is 0.599. The van der Waals surface area contributed by atoms with Crippen LogP contribution >= 0.6 is 15.9 Å². The van der Waals surface area contributed by atoms with Gasteiger partial charge >= 0.3 is 0 Å². The third kappa shape index (κ3) is 2.46. The number of para-hydroxylation sites is 1. The molecule has 96 valence electrons. The largest absolute Gasteiger partial charge is 0.366 e. The number of hydrogen-bond acceptors (Lipinski definition) is 3. The van der Waals surface area contributed by atoms with Crippen LogP contribution in [0, 0.1) is 6.92 Å². The smallest absolute Gasteiger partial charge is 0.113 e. The van der Waals surface area contributed by atoms with Crippen LogP contribution in [0.5, 0.6) is 0 Å². The van der Waals surface area contributed by atoms with E-state index < -0.39 is 0 Å². The molecular formula is C14H13BrN4. The van der Waals surface area contributed by atoms with Crippen LogP contribution < -0.4 is 5.32 Å². The number of hydrogen-bond donors (Lipinski definition) is 1. The monoisotopic (exact) mass is 316 g/mol. The van der Waals surface area contributed by atoms with Crippen LogP contribution in [-0.4, -0.2) is 15.0 Å². The van der Waals surface area contributed by atoms with Crippen LogP contribution in [0.2, 0.25) is 0 Å². The molecule has 0 bridgehead atoms. The zero-order chi connectivity index (χ0) is 13.2. The number of nitrogens with zero attached hydrogens (tertiary/aromatic N) is 3. The first-order chi connectivity index (χ1) is 9.24. The molecule has 0 radical (unpaired) electrons. The predicted molar refractivity (Wildman–Crippen MR) is 80.0 cm³/mol. The lowest BCUT2D eigenvalue weighted by molar-refractivity contribution is 0.655. The molecule has 19 heavy (non-hydrogen) atoms. The highest BCUT2D eigenvalue weighted by Crippen LogP contribution is 2.20. The highest BCUT2D eigenvalue weighted by molar-refractivity contribution is 9.10. The summed E-state index contributed by atoms with van der Waals surface area (Å²) in [5.74, 6) is 0. The Morgan fingerprint density at radius 3 is 2.89 bits per heavy atom. The van der Waals surface area contributed by atoms with Crippen LogP contribution in [-0.2, 0) is 6.67 Å². The van der Waals surface area contributed by atoms with Crippen LogP contribution in [0.15, 0.2) is 46.9 Å². The van der Waals surface area contributed by atoms with Crippen molar-refractivity contribution in [2.75, 3.05) is 5.32 Å². The van der Waals surface area contributed by atoms with Gasteiger partial charge in [0.05, 0.1) is 5.52 Å². The van der Waals surface area contributed by atoms with E-state index in [1.165, 1.54) is 5.56 Å². The van der Waals surface area contributed by atoms with Gasteiger partial charge in [-0.15, -0.1) is 5.10 Å². The summed E-state index contributed by atoms with van der Waals surface area (Å²) in [5.41, 5.74) is 4.22. The van der Waals surface area contributed by atoms with Crippen molar-refractivity contribution in [3.8, 4) is 0 Å². The van der Waals surface area contributed by atoms with Crippen molar-refractivity contribution >= 4 is 32.7 Å². The van der Waals surface area contributed by atoms with Gasteiger partial charge < -0.3 is 5.32 Å². The van der Waals surface area contributed by atoms with E-state index in [-0.39, 0.29) is 0 Å². The zero-order valence-corrected chi connectivity index (χ0v) is 12.1. The summed E-state index contributed by atoms with van der Waals surface area (Å²) in [6, 6.07) is 14.1. The molecule has 0 aliphatic heterocycles. The van der Waals surface area contributed by atoms with Crippen molar-refractivity contribution in [2.45, 2.75) is 13.6 Å². The van der Waals surface area contributed by atoms with Crippen molar-refractivity contribution in [1.82, 2.24) is 15.0 Å². The molecule has 1 aromatic heterocycles. The van der Waals surface area contributed by atoms with Gasteiger partial charge in [-0.3, -0.25) is 0 Å². The fourth-order valence-electron chi connectivity index (χ4n) is 1.95. The Labute approximate surface area is 119 Å². The molecule has 3 rings (SSSR count). The first-order valence-corrected chi connectivity index (χ1v) is 6.81. The Morgan fingerprint density at radius 2 is 2.05 bits per heavy atom. The van der Waals surface area contributed by atoms with E-state index in [1.54, 1.807) is 0 Å². The predicted octanol–water partition coefficient (Wildman–Crippen LogP) is 3.57. The summed E-state index contributed by atoms with van der Waals surface area (Å²) in [7, 11) is 0.